The van der Waals surface area contributed by atoms with Gasteiger partial charge in [0.2, 0.25) is 5.88 Å². The molecule has 1 aromatic heterocycles. The Hall–Kier alpha value is -1.07. The van der Waals surface area contributed by atoms with Crippen molar-refractivity contribution in [3.05, 3.63) is 11.3 Å². The molecule has 0 aliphatic heterocycles. The SMILES string of the molecule is CCNCC(O)c1c(C)nn(C)c1OC. The maximum atomic E-state index is 9.96. The zero-order chi connectivity index (χ0) is 11.4. The fourth-order valence-corrected chi connectivity index (χ4v) is 1.66. The minimum atomic E-state index is -0.575. The lowest BCUT2D eigenvalue weighted by Crippen LogP contribution is -2.21. The molecule has 0 saturated heterocycles. The number of likely N-dealkylation sites (N-methyl/N-ethyl adjacent to an activating group) is 1. The molecule has 0 aliphatic rings. The lowest BCUT2D eigenvalue weighted by atomic mass is 10.1. The van der Waals surface area contributed by atoms with E-state index in [1.54, 1.807) is 18.8 Å². The standard InChI is InChI=1S/C10H19N3O2/c1-5-11-6-8(14)9-7(2)12-13(3)10(9)15-4/h8,11,14H,5-6H2,1-4H3. The third-order valence-electron chi connectivity index (χ3n) is 2.33. The fourth-order valence-electron chi connectivity index (χ4n) is 1.66. The van der Waals surface area contributed by atoms with Crippen molar-refractivity contribution in [2.24, 2.45) is 7.05 Å². The van der Waals surface area contributed by atoms with Gasteiger partial charge in [-0.15, -0.1) is 0 Å². The molecule has 0 aliphatic carbocycles. The van der Waals surface area contributed by atoms with Crippen LogP contribution in [0.5, 0.6) is 5.88 Å². The van der Waals surface area contributed by atoms with E-state index < -0.39 is 6.10 Å². The number of aryl methyl sites for hydroxylation is 2. The molecular formula is C10H19N3O2. The van der Waals surface area contributed by atoms with E-state index in [9.17, 15) is 5.11 Å². The Bertz CT molecular complexity index is 323. The second-order valence-electron chi connectivity index (χ2n) is 3.46. The molecule has 1 unspecified atom stereocenters. The molecule has 1 heterocycles. The van der Waals surface area contributed by atoms with Crippen LogP contribution in [0.15, 0.2) is 0 Å². The first kappa shape index (κ1) is 12.0. The molecule has 0 bridgehead atoms. The molecule has 1 atom stereocenters. The molecule has 86 valence electrons. The molecule has 0 fully saturated rings. The van der Waals surface area contributed by atoms with Crippen LogP contribution < -0.4 is 10.1 Å². The Morgan fingerprint density at radius 1 is 1.60 bits per heavy atom. The highest BCUT2D eigenvalue weighted by Gasteiger charge is 2.20. The normalized spacial score (nSPS) is 12.9. The number of nitrogens with one attached hydrogen (secondary N) is 1. The summed E-state index contributed by atoms with van der Waals surface area (Å²) in [7, 11) is 3.38. The largest absolute Gasteiger partial charge is 0.481 e. The first-order chi connectivity index (χ1) is 7.11. The average Bonchev–Trinajstić information content (AvgIpc) is 2.49. The molecule has 2 N–H and O–H groups in total. The van der Waals surface area contributed by atoms with Gasteiger partial charge in [-0.3, -0.25) is 0 Å². The molecule has 5 nitrogen and oxygen atoms in total. The zero-order valence-electron chi connectivity index (χ0n) is 9.74. The summed E-state index contributed by atoms with van der Waals surface area (Å²) in [4.78, 5) is 0. The highest BCUT2D eigenvalue weighted by Crippen LogP contribution is 2.27. The number of methoxy groups -OCH3 is 1. The monoisotopic (exact) mass is 213 g/mol. The molecule has 1 rings (SSSR count). The number of hydrogen-bond acceptors (Lipinski definition) is 4. The quantitative estimate of drug-likeness (QED) is 0.742. The van der Waals surface area contributed by atoms with E-state index in [1.165, 1.54) is 0 Å². The summed E-state index contributed by atoms with van der Waals surface area (Å²) in [5.41, 5.74) is 1.57. The van der Waals surface area contributed by atoms with Crippen LogP contribution in [0.2, 0.25) is 0 Å². The Balaban J connectivity index is 2.91. The highest BCUT2D eigenvalue weighted by molar-refractivity contribution is 5.33. The van der Waals surface area contributed by atoms with Gasteiger partial charge >= 0.3 is 0 Å². The van der Waals surface area contributed by atoms with E-state index in [-0.39, 0.29) is 0 Å². The molecule has 0 saturated carbocycles. The zero-order valence-corrected chi connectivity index (χ0v) is 9.74. The van der Waals surface area contributed by atoms with Crippen molar-refractivity contribution in [1.82, 2.24) is 15.1 Å². The average molecular weight is 213 g/mol. The van der Waals surface area contributed by atoms with E-state index in [2.05, 4.69) is 10.4 Å². The van der Waals surface area contributed by atoms with Gasteiger partial charge in [0, 0.05) is 13.6 Å². The molecule has 5 heteroatoms. The Labute approximate surface area is 90.1 Å². The van der Waals surface area contributed by atoms with Crippen molar-refractivity contribution >= 4 is 0 Å². The van der Waals surface area contributed by atoms with Crippen molar-refractivity contribution in [3.8, 4) is 5.88 Å². The Morgan fingerprint density at radius 3 is 2.80 bits per heavy atom. The lowest BCUT2D eigenvalue weighted by Gasteiger charge is -2.12. The molecule has 0 aromatic carbocycles. The molecule has 0 amide bonds. The van der Waals surface area contributed by atoms with E-state index in [0.717, 1.165) is 17.8 Å². The van der Waals surface area contributed by atoms with Crippen LogP contribution in [-0.2, 0) is 7.05 Å². The molecule has 0 spiro atoms. The molecular weight excluding hydrogens is 194 g/mol. The van der Waals surface area contributed by atoms with Crippen molar-refractivity contribution in [2.45, 2.75) is 20.0 Å². The third-order valence-corrected chi connectivity index (χ3v) is 2.33. The maximum Gasteiger partial charge on any atom is 0.217 e. The summed E-state index contributed by atoms with van der Waals surface area (Å²) in [5.74, 6) is 0.623. The number of rotatable bonds is 5. The molecule has 0 radical (unpaired) electrons. The van der Waals surface area contributed by atoms with Crippen molar-refractivity contribution in [2.75, 3.05) is 20.2 Å². The van der Waals surface area contributed by atoms with Gasteiger partial charge in [-0.25, -0.2) is 4.68 Å². The van der Waals surface area contributed by atoms with Gasteiger partial charge in [0.05, 0.1) is 24.5 Å². The Morgan fingerprint density at radius 2 is 2.27 bits per heavy atom. The number of aliphatic hydroxyl groups is 1. The van der Waals surface area contributed by atoms with Gasteiger partial charge in [0.1, 0.15) is 0 Å². The first-order valence-electron chi connectivity index (χ1n) is 5.08. The summed E-state index contributed by atoms with van der Waals surface area (Å²) in [5, 5.41) is 17.3. The van der Waals surface area contributed by atoms with Crippen molar-refractivity contribution < 1.29 is 9.84 Å². The number of nitrogens with zero attached hydrogens (tertiary/aromatic N) is 2. The number of hydrogen-bond donors (Lipinski definition) is 2. The number of aromatic nitrogens is 2. The van der Waals surface area contributed by atoms with Gasteiger partial charge in [-0.05, 0) is 13.5 Å². The van der Waals surface area contributed by atoms with Crippen LogP contribution in [0.1, 0.15) is 24.3 Å². The van der Waals surface area contributed by atoms with Crippen LogP contribution in [-0.4, -0.2) is 35.1 Å². The van der Waals surface area contributed by atoms with Crippen molar-refractivity contribution in [1.29, 1.82) is 0 Å². The van der Waals surface area contributed by atoms with Gasteiger partial charge in [0.25, 0.3) is 0 Å². The Kier molecular flexibility index (Phi) is 4.11. The summed E-state index contributed by atoms with van der Waals surface area (Å²) in [6.07, 6.45) is -0.575. The minimum Gasteiger partial charge on any atom is -0.481 e. The summed E-state index contributed by atoms with van der Waals surface area (Å²) in [6, 6.07) is 0. The smallest absolute Gasteiger partial charge is 0.217 e. The second-order valence-corrected chi connectivity index (χ2v) is 3.46. The van der Waals surface area contributed by atoms with Crippen LogP contribution in [0.3, 0.4) is 0 Å². The topological polar surface area (TPSA) is 59.3 Å². The van der Waals surface area contributed by atoms with Crippen LogP contribution in [0, 0.1) is 6.92 Å². The van der Waals surface area contributed by atoms with E-state index in [4.69, 9.17) is 4.74 Å². The van der Waals surface area contributed by atoms with Gasteiger partial charge < -0.3 is 15.2 Å². The van der Waals surface area contributed by atoms with Crippen LogP contribution in [0.4, 0.5) is 0 Å². The molecule has 15 heavy (non-hydrogen) atoms. The van der Waals surface area contributed by atoms with E-state index in [0.29, 0.717) is 12.4 Å². The number of aliphatic hydroxyl groups excluding tert-OH is 1. The summed E-state index contributed by atoms with van der Waals surface area (Å²) < 4.78 is 6.85. The van der Waals surface area contributed by atoms with Gasteiger partial charge in [-0.1, -0.05) is 6.92 Å². The van der Waals surface area contributed by atoms with E-state index in [1.807, 2.05) is 13.8 Å². The fraction of sp³-hybridized carbons (Fsp3) is 0.700. The predicted octanol–water partition coefficient (Wildman–Crippen LogP) is 0.380. The minimum absolute atomic E-state index is 0.513. The number of ether oxygens (including phenoxy) is 1. The van der Waals surface area contributed by atoms with Crippen molar-refractivity contribution in [3.63, 3.8) is 0 Å². The highest BCUT2D eigenvalue weighted by atomic mass is 16.5. The second kappa shape index (κ2) is 5.14. The van der Waals surface area contributed by atoms with Gasteiger partial charge in [0.15, 0.2) is 0 Å². The summed E-state index contributed by atoms with van der Waals surface area (Å²) in [6.45, 7) is 5.21. The molecule has 1 aromatic rings. The van der Waals surface area contributed by atoms with Crippen LogP contribution >= 0.6 is 0 Å². The van der Waals surface area contributed by atoms with Gasteiger partial charge in [-0.2, -0.15) is 5.10 Å². The third kappa shape index (κ3) is 2.49. The van der Waals surface area contributed by atoms with Crippen LogP contribution in [0.25, 0.3) is 0 Å². The predicted molar refractivity (Wildman–Crippen MR) is 58.0 cm³/mol. The first-order valence-corrected chi connectivity index (χ1v) is 5.08. The van der Waals surface area contributed by atoms with E-state index >= 15 is 0 Å². The summed E-state index contributed by atoms with van der Waals surface area (Å²) >= 11 is 0. The maximum absolute atomic E-state index is 9.96. The lowest BCUT2D eigenvalue weighted by molar-refractivity contribution is 0.170.